The number of hydrogen-bond acceptors (Lipinski definition) is 4. The van der Waals surface area contributed by atoms with E-state index < -0.39 is 7.12 Å². The third kappa shape index (κ3) is 4.00. The van der Waals surface area contributed by atoms with Crippen LogP contribution in [-0.4, -0.2) is 24.3 Å². The van der Waals surface area contributed by atoms with E-state index in [4.69, 9.17) is 19.5 Å². The molecule has 0 amide bonds. The molecule has 2 aromatic carbocycles. The number of benzene rings is 2. The maximum absolute atomic E-state index is 9.17. The Labute approximate surface area is 125 Å². The fraction of sp³-hybridized carbons (Fsp3) is 0.250. The van der Waals surface area contributed by atoms with Crippen LogP contribution in [0, 0.1) is 0 Å². The SMILES string of the molecule is CCc1ccc(OCc2cccc(B(O)O)c2)c(OC)c1. The molecule has 0 saturated carbocycles. The Bertz CT molecular complexity index is 599. The van der Waals surface area contributed by atoms with Gasteiger partial charge < -0.3 is 19.5 Å². The van der Waals surface area contributed by atoms with Crippen molar-refractivity contribution in [3.63, 3.8) is 0 Å². The monoisotopic (exact) mass is 286 g/mol. The molecule has 0 spiro atoms. The lowest BCUT2D eigenvalue weighted by molar-refractivity contribution is 0.284. The van der Waals surface area contributed by atoms with Crippen molar-refractivity contribution in [2.24, 2.45) is 0 Å². The number of ether oxygens (including phenoxy) is 2. The minimum atomic E-state index is -1.47. The third-order valence-electron chi connectivity index (χ3n) is 3.28. The second-order valence-electron chi connectivity index (χ2n) is 4.75. The molecular weight excluding hydrogens is 267 g/mol. The summed E-state index contributed by atoms with van der Waals surface area (Å²) in [6.45, 7) is 2.42. The highest BCUT2D eigenvalue weighted by molar-refractivity contribution is 6.58. The minimum Gasteiger partial charge on any atom is -0.493 e. The summed E-state index contributed by atoms with van der Waals surface area (Å²) in [5.74, 6) is 1.37. The third-order valence-corrected chi connectivity index (χ3v) is 3.28. The first kappa shape index (κ1) is 15.4. The van der Waals surface area contributed by atoms with Crippen molar-refractivity contribution in [3.8, 4) is 11.5 Å². The van der Waals surface area contributed by atoms with Crippen molar-refractivity contribution < 1.29 is 19.5 Å². The molecule has 0 aromatic heterocycles. The van der Waals surface area contributed by atoms with Gasteiger partial charge in [-0.25, -0.2) is 0 Å². The second kappa shape index (κ2) is 7.15. The van der Waals surface area contributed by atoms with Crippen molar-refractivity contribution in [3.05, 3.63) is 53.6 Å². The summed E-state index contributed by atoms with van der Waals surface area (Å²) in [5.41, 5.74) is 2.50. The minimum absolute atomic E-state index is 0.336. The van der Waals surface area contributed by atoms with Gasteiger partial charge in [0.15, 0.2) is 11.5 Å². The van der Waals surface area contributed by atoms with Crippen molar-refractivity contribution in [1.82, 2.24) is 0 Å². The molecule has 0 unspecified atom stereocenters. The van der Waals surface area contributed by atoms with Crippen molar-refractivity contribution in [2.45, 2.75) is 20.0 Å². The lowest BCUT2D eigenvalue weighted by Crippen LogP contribution is -2.29. The van der Waals surface area contributed by atoms with Gasteiger partial charge in [-0.1, -0.05) is 37.3 Å². The van der Waals surface area contributed by atoms with Crippen molar-refractivity contribution in [2.75, 3.05) is 7.11 Å². The van der Waals surface area contributed by atoms with E-state index in [0.717, 1.165) is 12.0 Å². The molecule has 0 atom stereocenters. The Morgan fingerprint density at radius 1 is 1.00 bits per heavy atom. The zero-order valence-corrected chi connectivity index (χ0v) is 12.2. The smallest absolute Gasteiger partial charge is 0.488 e. The van der Waals surface area contributed by atoms with Crippen LogP contribution >= 0.6 is 0 Å². The van der Waals surface area contributed by atoms with Gasteiger partial charge in [0, 0.05) is 0 Å². The van der Waals surface area contributed by atoms with Crippen LogP contribution in [0.15, 0.2) is 42.5 Å². The molecule has 4 nitrogen and oxygen atoms in total. The van der Waals surface area contributed by atoms with Crippen LogP contribution in [0.2, 0.25) is 0 Å². The van der Waals surface area contributed by atoms with E-state index in [-0.39, 0.29) is 0 Å². The summed E-state index contributed by atoms with van der Waals surface area (Å²) in [6.07, 6.45) is 0.938. The van der Waals surface area contributed by atoms with Crippen LogP contribution in [0.1, 0.15) is 18.1 Å². The molecule has 2 aromatic rings. The maximum atomic E-state index is 9.17. The predicted molar refractivity (Wildman–Crippen MR) is 83.0 cm³/mol. The standard InChI is InChI=1S/C16H19BO4/c1-3-12-7-8-15(16(10-12)20-2)21-11-13-5-4-6-14(9-13)17(18)19/h4-10,18-19H,3,11H2,1-2H3. The summed E-state index contributed by atoms with van der Waals surface area (Å²) in [6, 6.07) is 12.9. The first-order valence-electron chi connectivity index (χ1n) is 6.88. The molecule has 110 valence electrons. The summed E-state index contributed by atoms with van der Waals surface area (Å²) < 4.78 is 11.1. The lowest BCUT2D eigenvalue weighted by atomic mass is 9.80. The van der Waals surface area contributed by atoms with Gasteiger partial charge in [-0.05, 0) is 35.1 Å². The Morgan fingerprint density at radius 2 is 1.81 bits per heavy atom. The average molecular weight is 286 g/mol. The van der Waals surface area contributed by atoms with Crippen LogP contribution in [0.25, 0.3) is 0 Å². The van der Waals surface area contributed by atoms with Crippen LogP contribution in [-0.2, 0) is 13.0 Å². The van der Waals surface area contributed by atoms with Gasteiger partial charge in [0.2, 0.25) is 0 Å². The Hall–Kier alpha value is -1.98. The molecule has 5 heteroatoms. The molecule has 0 radical (unpaired) electrons. The number of rotatable bonds is 6. The van der Waals surface area contributed by atoms with Crippen molar-refractivity contribution >= 4 is 12.6 Å². The highest BCUT2D eigenvalue weighted by Crippen LogP contribution is 2.28. The summed E-state index contributed by atoms with van der Waals surface area (Å²) in [7, 11) is 0.146. The van der Waals surface area contributed by atoms with Gasteiger partial charge in [0.05, 0.1) is 7.11 Å². The molecule has 21 heavy (non-hydrogen) atoms. The fourth-order valence-electron chi connectivity index (χ4n) is 2.06. The topological polar surface area (TPSA) is 58.9 Å². The van der Waals surface area contributed by atoms with Gasteiger partial charge in [0.25, 0.3) is 0 Å². The zero-order valence-electron chi connectivity index (χ0n) is 12.2. The molecule has 0 heterocycles. The number of hydrogen-bond donors (Lipinski definition) is 2. The first-order chi connectivity index (χ1) is 10.1. The van der Waals surface area contributed by atoms with Gasteiger partial charge in [0.1, 0.15) is 6.61 Å². The highest BCUT2D eigenvalue weighted by atomic mass is 16.5. The Kier molecular flexibility index (Phi) is 5.25. The molecule has 0 saturated heterocycles. The van der Waals surface area contributed by atoms with E-state index in [0.29, 0.717) is 23.6 Å². The lowest BCUT2D eigenvalue weighted by Gasteiger charge is -2.12. The quantitative estimate of drug-likeness (QED) is 0.790. The molecule has 0 aliphatic rings. The van der Waals surface area contributed by atoms with Crippen LogP contribution in [0.4, 0.5) is 0 Å². The predicted octanol–water partition coefficient (Wildman–Crippen LogP) is 1.52. The van der Waals surface area contributed by atoms with E-state index in [9.17, 15) is 0 Å². The first-order valence-corrected chi connectivity index (χ1v) is 6.88. The Morgan fingerprint density at radius 3 is 2.48 bits per heavy atom. The van der Waals surface area contributed by atoms with Gasteiger partial charge >= 0.3 is 7.12 Å². The average Bonchev–Trinajstić information content (AvgIpc) is 2.53. The summed E-state index contributed by atoms with van der Waals surface area (Å²) >= 11 is 0. The molecule has 0 bridgehead atoms. The maximum Gasteiger partial charge on any atom is 0.488 e. The number of methoxy groups -OCH3 is 1. The normalized spacial score (nSPS) is 10.3. The van der Waals surface area contributed by atoms with Gasteiger partial charge in [-0.3, -0.25) is 0 Å². The molecule has 2 N–H and O–H groups in total. The molecule has 0 aliphatic heterocycles. The van der Waals surface area contributed by atoms with Crippen LogP contribution < -0.4 is 14.9 Å². The van der Waals surface area contributed by atoms with Crippen LogP contribution in [0.5, 0.6) is 11.5 Å². The summed E-state index contributed by atoms with van der Waals surface area (Å²) in [4.78, 5) is 0. The van der Waals surface area contributed by atoms with E-state index in [1.54, 1.807) is 25.3 Å². The van der Waals surface area contributed by atoms with E-state index >= 15 is 0 Å². The van der Waals surface area contributed by atoms with Gasteiger partial charge in [-0.2, -0.15) is 0 Å². The fourth-order valence-corrected chi connectivity index (χ4v) is 2.06. The van der Waals surface area contributed by atoms with E-state index in [1.807, 2.05) is 24.3 Å². The molecular formula is C16H19BO4. The largest absolute Gasteiger partial charge is 0.493 e. The van der Waals surface area contributed by atoms with E-state index in [2.05, 4.69) is 6.92 Å². The molecule has 0 fully saturated rings. The zero-order chi connectivity index (χ0) is 15.2. The van der Waals surface area contributed by atoms with Gasteiger partial charge in [-0.15, -0.1) is 0 Å². The van der Waals surface area contributed by atoms with Crippen molar-refractivity contribution in [1.29, 1.82) is 0 Å². The molecule has 0 aliphatic carbocycles. The highest BCUT2D eigenvalue weighted by Gasteiger charge is 2.11. The molecule has 2 rings (SSSR count). The number of aryl methyl sites for hydroxylation is 1. The Balaban J connectivity index is 2.11. The van der Waals surface area contributed by atoms with Crippen LogP contribution in [0.3, 0.4) is 0 Å². The second-order valence-corrected chi connectivity index (χ2v) is 4.75. The van der Waals surface area contributed by atoms with E-state index in [1.165, 1.54) is 5.56 Å². The summed E-state index contributed by atoms with van der Waals surface area (Å²) in [5, 5.41) is 18.3.